The lowest BCUT2D eigenvalue weighted by atomic mass is 10.1. The van der Waals surface area contributed by atoms with E-state index in [0.29, 0.717) is 6.54 Å². The zero-order valence-corrected chi connectivity index (χ0v) is 15.7. The number of carbonyl (C=O) groups excluding carboxylic acids is 1. The van der Waals surface area contributed by atoms with Gasteiger partial charge in [0.25, 0.3) is 0 Å². The van der Waals surface area contributed by atoms with E-state index in [1.165, 1.54) is 11.1 Å². The normalized spacial score (nSPS) is 17.8. The largest absolute Gasteiger partial charge is 0.354 e. The van der Waals surface area contributed by atoms with Crippen LogP contribution in [0.1, 0.15) is 29.7 Å². The summed E-state index contributed by atoms with van der Waals surface area (Å²) in [6.07, 6.45) is 4.34. The zero-order valence-electron chi connectivity index (χ0n) is 14.9. The number of hydrogen-bond acceptors (Lipinski definition) is 5. The van der Waals surface area contributed by atoms with Gasteiger partial charge in [-0.25, -0.2) is 9.50 Å². The van der Waals surface area contributed by atoms with E-state index in [2.05, 4.69) is 56.9 Å². The van der Waals surface area contributed by atoms with E-state index in [1.54, 1.807) is 17.7 Å². The minimum atomic E-state index is -0.0237. The van der Waals surface area contributed by atoms with Crippen molar-refractivity contribution < 1.29 is 4.79 Å². The molecule has 0 spiro atoms. The maximum atomic E-state index is 12.7. The summed E-state index contributed by atoms with van der Waals surface area (Å²) in [6, 6.07) is 8.51. The monoisotopic (exact) mass is 369 g/mol. The fourth-order valence-electron chi connectivity index (χ4n) is 3.63. The molecular formula is C19H23N5OS. The van der Waals surface area contributed by atoms with E-state index in [9.17, 15) is 4.79 Å². The minimum Gasteiger partial charge on any atom is -0.354 e. The van der Waals surface area contributed by atoms with Crippen molar-refractivity contribution in [1.82, 2.24) is 24.8 Å². The molecule has 1 aromatic carbocycles. The standard InChI is InChI=1S/C19H23N5OS/c1-14-4-2-5-15(10-14)11-23-9-3-6-17(23)18(25)20-8-7-16-12-26-19-21-13-22-24(16)19/h2,4-5,10,12-13,17H,3,6-9,11H2,1H3,(H,20,25). The van der Waals surface area contributed by atoms with Crippen LogP contribution < -0.4 is 5.32 Å². The molecule has 4 rings (SSSR count). The molecule has 3 heterocycles. The van der Waals surface area contributed by atoms with Crippen molar-refractivity contribution in [1.29, 1.82) is 0 Å². The van der Waals surface area contributed by atoms with Gasteiger partial charge in [-0.2, -0.15) is 5.10 Å². The van der Waals surface area contributed by atoms with E-state index in [0.717, 1.165) is 43.0 Å². The van der Waals surface area contributed by atoms with Gasteiger partial charge in [0.05, 0.1) is 11.7 Å². The third-order valence-corrected chi connectivity index (χ3v) is 5.78. The predicted octanol–water partition coefficient (Wildman–Crippen LogP) is 2.42. The van der Waals surface area contributed by atoms with E-state index >= 15 is 0 Å². The van der Waals surface area contributed by atoms with Crippen molar-refractivity contribution in [2.45, 2.75) is 38.8 Å². The summed E-state index contributed by atoms with van der Waals surface area (Å²) in [7, 11) is 0. The van der Waals surface area contributed by atoms with Crippen LogP contribution in [0, 0.1) is 6.92 Å². The Morgan fingerprint density at radius 2 is 2.35 bits per heavy atom. The number of benzene rings is 1. The van der Waals surface area contributed by atoms with Crippen molar-refractivity contribution in [2.75, 3.05) is 13.1 Å². The highest BCUT2D eigenvalue weighted by Gasteiger charge is 2.30. The summed E-state index contributed by atoms with van der Waals surface area (Å²) < 4.78 is 1.84. The number of likely N-dealkylation sites (tertiary alicyclic amines) is 1. The second kappa shape index (κ2) is 7.55. The summed E-state index contributed by atoms with van der Waals surface area (Å²) in [5, 5.41) is 9.38. The molecule has 3 aromatic rings. The molecule has 0 saturated carbocycles. The van der Waals surface area contributed by atoms with Crippen molar-refractivity contribution in [3.63, 3.8) is 0 Å². The van der Waals surface area contributed by atoms with Gasteiger partial charge in [-0.05, 0) is 31.9 Å². The number of thiazole rings is 1. The van der Waals surface area contributed by atoms with Crippen molar-refractivity contribution in [3.05, 3.63) is 52.8 Å². The number of aromatic nitrogens is 3. The molecule has 1 unspecified atom stereocenters. The summed E-state index contributed by atoms with van der Waals surface area (Å²) >= 11 is 1.58. The Kier molecular flexibility index (Phi) is 4.99. The Bertz CT molecular complexity index is 902. The second-order valence-electron chi connectivity index (χ2n) is 6.84. The van der Waals surface area contributed by atoms with E-state index < -0.39 is 0 Å². The van der Waals surface area contributed by atoms with Crippen LogP contribution in [0.25, 0.3) is 4.96 Å². The second-order valence-corrected chi connectivity index (χ2v) is 7.68. The van der Waals surface area contributed by atoms with Crippen LogP contribution in [-0.4, -0.2) is 44.5 Å². The fraction of sp³-hybridized carbons (Fsp3) is 0.421. The van der Waals surface area contributed by atoms with Crippen molar-refractivity contribution in [3.8, 4) is 0 Å². The lowest BCUT2D eigenvalue weighted by Crippen LogP contribution is -2.43. The first-order valence-electron chi connectivity index (χ1n) is 9.04. The molecule has 1 saturated heterocycles. The van der Waals surface area contributed by atoms with Gasteiger partial charge in [-0.3, -0.25) is 9.69 Å². The molecule has 7 heteroatoms. The molecule has 1 N–H and O–H groups in total. The zero-order chi connectivity index (χ0) is 17.9. The topological polar surface area (TPSA) is 62.5 Å². The molecule has 0 aliphatic carbocycles. The van der Waals surface area contributed by atoms with E-state index in [1.807, 2.05) is 4.52 Å². The van der Waals surface area contributed by atoms with Crippen LogP contribution in [0.4, 0.5) is 0 Å². The third-order valence-electron chi connectivity index (χ3n) is 4.90. The molecule has 1 aliphatic heterocycles. The van der Waals surface area contributed by atoms with Crippen molar-refractivity contribution >= 4 is 22.2 Å². The Morgan fingerprint density at radius 1 is 1.42 bits per heavy atom. The van der Waals surface area contributed by atoms with Crippen LogP contribution in [0.5, 0.6) is 0 Å². The Labute approximate surface area is 156 Å². The molecule has 1 fully saturated rings. The lowest BCUT2D eigenvalue weighted by Gasteiger charge is -2.24. The quantitative estimate of drug-likeness (QED) is 0.725. The number of rotatable bonds is 6. The third kappa shape index (κ3) is 3.64. The lowest BCUT2D eigenvalue weighted by molar-refractivity contribution is -0.125. The van der Waals surface area contributed by atoms with Crippen LogP contribution in [0.2, 0.25) is 0 Å². The predicted molar refractivity (Wildman–Crippen MR) is 102 cm³/mol. The fourth-order valence-corrected chi connectivity index (χ4v) is 4.46. The summed E-state index contributed by atoms with van der Waals surface area (Å²) in [6.45, 7) is 4.55. The van der Waals surface area contributed by atoms with Crippen LogP contribution in [-0.2, 0) is 17.8 Å². The van der Waals surface area contributed by atoms with Gasteiger partial charge in [-0.15, -0.1) is 11.3 Å². The van der Waals surface area contributed by atoms with Crippen LogP contribution >= 0.6 is 11.3 Å². The number of nitrogens with one attached hydrogen (secondary N) is 1. The minimum absolute atomic E-state index is 0.0237. The number of amides is 1. The molecule has 0 bridgehead atoms. The molecule has 2 aromatic heterocycles. The number of aryl methyl sites for hydroxylation is 1. The summed E-state index contributed by atoms with van der Waals surface area (Å²) in [5.41, 5.74) is 3.63. The molecule has 136 valence electrons. The van der Waals surface area contributed by atoms with Gasteiger partial charge >= 0.3 is 0 Å². The molecule has 26 heavy (non-hydrogen) atoms. The number of fused-ring (bicyclic) bond motifs is 1. The maximum Gasteiger partial charge on any atom is 0.237 e. The smallest absolute Gasteiger partial charge is 0.237 e. The van der Waals surface area contributed by atoms with Crippen LogP contribution in [0.3, 0.4) is 0 Å². The van der Waals surface area contributed by atoms with Gasteiger partial charge < -0.3 is 5.32 Å². The maximum absolute atomic E-state index is 12.7. The molecular weight excluding hydrogens is 346 g/mol. The van der Waals surface area contributed by atoms with E-state index in [4.69, 9.17) is 0 Å². The SMILES string of the molecule is Cc1cccc(CN2CCCC2C(=O)NCCc2csc3ncnn23)c1. The van der Waals surface area contributed by atoms with Crippen LogP contribution in [0.15, 0.2) is 36.0 Å². The summed E-state index contributed by atoms with van der Waals surface area (Å²) in [4.78, 5) is 20.0. The first kappa shape index (κ1) is 17.2. The van der Waals surface area contributed by atoms with Gasteiger partial charge in [0.1, 0.15) is 6.33 Å². The first-order chi connectivity index (χ1) is 12.7. The molecule has 1 amide bonds. The van der Waals surface area contributed by atoms with Gasteiger partial charge in [-0.1, -0.05) is 29.8 Å². The van der Waals surface area contributed by atoms with Gasteiger partial charge in [0, 0.05) is 24.9 Å². The summed E-state index contributed by atoms with van der Waals surface area (Å²) in [5.74, 6) is 0.139. The number of nitrogens with zero attached hydrogens (tertiary/aromatic N) is 4. The Hall–Kier alpha value is -2.25. The number of carbonyl (C=O) groups is 1. The molecule has 0 radical (unpaired) electrons. The highest BCUT2D eigenvalue weighted by molar-refractivity contribution is 7.15. The Balaban J connectivity index is 1.32. The average molecular weight is 369 g/mol. The Morgan fingerprint density at radius 3 is 3.23 bits per heavy atom. The molecule has 1 aliphatic rings. The highest BCUT2D eigenvalue weighted by Crippen LogP contribution is 2.21. The van der Waals surface area contributed by atoms with Gasteiger partial charge in [0.15, 0.2) is 0 Å². The van der Waals surface area contributed by atoms with E-state index in [-0.39, 0.29) is 11.9 Å². The molecule has 1 atom stereocenters. The average Bonchev–Trinajstić information content (AvgIpc) is 3.33. The first-order valence-corrected chi connectivity index (χ1v) is 9.92. The highest BCUT2D eigenvalue weighted by atomic mass is 32.1. The molecule has 6 nitrogen and oxygen atoms in total. The number of hydrogen-bond donors (Lipinski definition) is 1. The van der Waals surface area contributed by atoms with Gasteiger partial charge in [0.2, 0.25) is 10.9 Å². The van der Waals surface area contributed by atoms with Crippen molar-refractivity contribution in [2.24, 2.45) is 0 Å².